The molecule has 2 aromatic carbocycles. The molecule has 1 fully saturated rings. The minimum absolute atomic E-state index is 0.0720. The van der Waals surface area contributed by atoms with Crippen LogP contribution in [-0.2, 0) is 0 Å². The van der Waals surface area contributed by atoms with Gasteiger partial charge in [-0.3, -0.25) is 0 Å². The maximum Gasteiger partial charge on any atom is 0.321 e. The number of carbonyl (C=O) groups is 1. The maximum atomic E-state index is 12.8. The Hall–Kier alpha value is -2.66. The molecule has 10 heteroatoms. The summed E-state index contributed by atoms with van der Waals surface area (Å²) in [7, 11) is 0. The Labute approximate surface area is 202 Å². The molecule has 1 aliphatic rings. The normalized spacial score (nSPS) is 16.7. The van der Waals surface area contributed by atoms with E-state index < -0.39 is 0 Å². The maximum absolute atomic E-state index is 12.8. The number of nitrogens with zero attached hydrogens (tertiary/aromatic N) is 4. The fourth-order valence-corrected chi connectivity index (χ4v) is 3.95. The van der Waals surface area contributed by atoms with Gasteiger partial charge in [0.05, 0.1) is 16.8 Å². The number of hydrogen-bond donors (Lipinski definition) is 2. The van der Waals surface area contributed by atoms with Crippen molar-refractivity contribution in [2.75, 3.05) is 30.3 Å². The number of nitrogens with one attached hydrogen (secondary N) is 2. The van der Waals surface area contributed by atoms with Crippen molar-refractivity contribution in [3.05, 3.63) is 57.5 Å². The van der Waals surface area contributed by atoms with Crippen LogP contribution in [0.25, 0.3) is 0 Å². The summed E-state index contributed by atoms with van der Waals surface area (Å²) in [5.41, 5.74) is 1.23. The van der Waals surface area contributed by atoms with Gasteiger partial charge in [0.1, 0.15) is 0 Å². The van der Waals surface area contributed by atoms with E-state index in [0.29, 0.717) is 52.0 Å². The van der Waals surface area contributed by atoms with Crippen LogP contribution < -0.4 is 10.6 Å². The molecule has 1 saturated heterocycles. The van der Waals surface area contributed by atoms with Crippen molar-refractivity contribution in [3.8, 4) is 6.19 Å². The first-order valence-corrected chi connectivity index (χ1v) is 11.2. The summed E-state index contributed by atoms with van der Waals surface area (Å²) in [4.78, 5) is 20.6. The third kappa shape index (κ3) is 5.98. The van der Waals surface area contributed by atoms with E-state index in [1.54, 1.807) is 47.4 Å². The number of halogens is 3. The third-order valence-electron chi connectivity index (χ3n) is 5.17. The number of hydrogen-bond acceptors (Lipinski definition) is 3. The highest BCUT2D eigenvalue weighted by Crippen LogP contribution is 2.27. The molecule has 2 N–H and O–H groups in total. The average Bonchev–Trinajstić information content (AvgIpc) is 2.77. The molecule has 7 nitrogen and oxygen atoms in total. The summed E-state index contributed by atoms with van der Waals surface area (Å²) < 4.78 is 0. The van der Waals surface area contributed by atoms with E-state index in [0.717, 1.165) is 0 Å². The van der Waals surface area contributed by atoms with Gasteiger partial charge in [0, 0.05) is 35.4 Å². The van der Waals surface area contributed by atoms with Crippen LogP contribution in [0.1, 0.15) is 13.8 Å². The van der Waals surface area contributed by atoms with Gasteiger partial charge in [-0.2, -0.15) is 5.26 Å². The molecule has 0 spiro atoms. The predicted molar refractivity (Wildman–Crippen MR) is 131 cm³/mol. The van der Waals surface area contributed by atoms with E-state index >= 15 is 0 Å². The molecule has 3 rings (SSSR count). The minimum Gasteiger partial charge on any atom is -0.335 e. The highest BCUT2D eigenvalue weighted by molar-refractivity contribution is 6.35. The van der Waals surface area contributed by atoms with Crippen LogP contribution in [0.15, 0.2) is 47.5 Å². The lowest BCUT2D eigenvalue weighted by Crippen LogP contribution is -2.60. The standard InChI is InChI=1S/C22H23Cl3N6O/c1-14(2)20-12-30(22(32)28-17-6-3-15(23)4-7-17)9-10-31(20)21(27-13-26)29-19-11-16(24)5-8-18(19)25/h3-8,11,14,20H,9-10,12H2,1-2H3,(H,27,29)(H,28,32). The molecule has 32 heavy (non-hydrogen) atoms. The lowest BCUT2D eigenvalue weighted by molar-refractivity contribution is 0.120. The first-order chi connectivity index (χ1) is 15.3. The largest absolute Gasteiger partial charge is 0.335 e. The van der Waals surface area contributed by atoms with E-state index in [2.05, 4.69) is 29.5 Å². The van der Waals surface area contributed by atoms with Crippen molar-refractivity contribution < 1.29 is 4.79 Å². The Morgan fingerprint density at radius 1 is 1.09 bits per heavy atom. The molecule has 168 valence electrons. The van der Waals surface area contributed by atoms with Gasteiger partial charge in [0.25, 0.3) is 0 Å². The fourth-order valence-electron chi connectivity index (χ4n) is 3.49. The zero-order valence-corrected chi connectivity index (χ0v) is 19.9. The SMILES string of the molecule is CC(C)C1CN(C(=O)Nc2ccc(Cl)cc2)CCN1/C(=N\C#N)Nc1cc(Cl)ccc1Cl. The summed E-state index contributed by atoms with van der Waals surface area (Å²) in [6, 6.07) is 11.7. The van der Waals surface area contributed by atoms with Crippen molar-refractivity contribution in [3.63, 3.8) is 0 Å². The zero-order valence-electron chi connectivity index (χ0n) is 17.6. The summed E-state index contributed by atoms with van der Waals surface area (Å²) >= 11 is 18.3. The molecule has 0 saturated carbocycles. The number of aliphatic imine (C=N–C) groups is 1. The van der Waals surface area contributed by atoms with Crippen molar-refractivity contribution >= 4 is 58.2 Å². The van der Waals surface area contributed by atoms with Gasteiger partial charge >= 0.3 is 6.03 Å². The second-order valence-corrected chi connectivity index (χ2v) is 8.95. The number of rotatable bonds is 3. The van der Waals surface area contributed by atoms with Crippen molar-refractivity contribution in [2.45, 2.75) is 19.9 Å². The Morgan fingerprint density at radius 2 is 1.78 bits per heavy atom. The summed E-state index contributed by atoms with van der Waals surface area (Å²) in [6.07, 6.45) is 1.85. The van der Waals surface area contributed by atoms with Gasteiger partial charge in [0.15, 0.2) is 0 Å². The highest BCUT2D eigenvalue weighted by atomic mass is 35.5. The van der Waals surface area contributed by atoms with E-state index in [1.165, 1.54) is 0 Å². The Bertz CT molecular complexity index is 1030. The van der Waals surface area contributed by atoms with Crippen molar-refractivity contribution in [1.82, 2.24) is 9.80 Å². The lowest BCUT2D eigenvalue weighted by atomic mass is 10.00. The minimum atomic E-state index is -0.192. The second-order valence-electron chi connectivity index (χ2n) is 7.67. The predicted octanol–water partition coefficient (Wildman–Crippen LogP) is 5.77. The van der Waals surface area contributed by atoms with Crippen molar-refractivity contribution in [1.29, 1.82) is 5.26 Å². The zero-order chi connectivity index (χ0) is 23.3. The van der Waals surface area contributed by atoms with Crippen molar-refractivity contribution in [2.24, 2.45) is 10.9 Å². The van der Waals surface area contributed by atoms with Crippen LogP contribution in [0, 0.1) is 17.4 Å². The summed E-state index contributed by atoms with van der Waals surface area (Å²) in [5, 5.41) is 16.9. The van der Waals surface area contributed by atoms with Crippen LogP contribution in [0.5, 0.6) is 0 Å². The molecular weight excluding hydrogens is 471 g/mol. The molecule has 1 unspecified atom stereocenters. The third-order valence-corrected chi connectivity index (χ3v) is 5.99. The number of benzene rings is 2. The molecule has 2 amide bonds. The van der Waals surface area contributed by atoms with Crippen LogP contribution >= 0.6 is 34.8 Å². The Kier molecular flexibility index (Phi) is 8.08. The molecule has 0 radical (unpaired) electrons. The molecule has 0 aromatic heterocycles. The summed E-state index contributed by atoms with van der Waals surface area (Å²) in [6.45, 7) is 5.54. The van der Waals surface area contributed by atoms with E-state index in [4.69, 9.17) is 34.8 Å². The van der Waals surface area contributed by atoms with E-state index in [-0.39, 0.29) is 18.0 Å². The van der Waals surface area contributed by atoms with Gasteiger partial charge in [-0.25, -0.2) is 4.79 Å². The molecule has 2 aromatic rings. The number of amides is 2. The van der Waals surface area contributed by atoms with E-state index in [1.807, 2.05) is 11.1 Å². The molecule has 1 aliphatic heterocycles. The van der Waals surface area contributed by atoms with Crippen LogP contribution in [0.4, 0.5) is 16.2 Å². The topological polar surface area (TPSA) is 83.8 Å². The first-order valence-electron chi connectivity index (χ1n) is 10.1. The summed E-state index contributed by atoms with van der Waals surface area (Å²) in [5.74, 6) is 0.551. The van der Waals surface area contributed by atoms with Gasteiger partial charge in [-0.05, 0) is 48.4 Å². The molecule has 0 aliphatic carbocycles. The lowest BCUT2D eigenvalue weighted by Gasteiger charge is -2.44. The Balaban J connectivity index is 1.76. The highest BCUT2D eigenvalue weighted by Gasteiger charge is 2.34. The first kappa shape index (κ1) is 24.0. The number of carbonyl (C=O) groups excluding carboxylic acids is 1. The quantitative estimate of drug-likeness (QED) is 0.323. The molecule has 1 atom stereocenters. The Morgan fingerprint density at radius 3 is 2.44 bits per heavy atom. The van der Waals surface area contributed by atoms with Gasteiger partial charge in [-0.15, -0.1) is 4.99 Å². The number of anilines is 2. The smallest absolute Gasteiger partial charge is 0.321 e. The second kappa shape index (κ2) is 10.8. The average molecular weight is 494 g/mol. The van der Waals surface area contributed by atoms with Crippen LogP contribution in [-0.4, -0.2) is 47.5 Å². The number of guanidine groups is 1. The monoisotopic (exact) mass is 492 g/mol. The van der Waals surface area contributed by atoms with Crippen LogP contribution in [0.2, 0.25) is 15.1 Å². The number of piperazine rings is 1. The molecule has 0 bridgehead atoms. The molecular formula is C22H23Cl3N6O. The number of nitriles is 1. The van der Waals surface area contributed by atoms with Crippen LogP contribution in [0.3, 0.4) is 0 Å². The van der Waals surface area contributed by atoms with Gasteiger partial charge in [0.2, 0.25) is 12.2 Å². The van der Waals surface area contributed by atoms with E-state index in [9.17, 15) is 10.1 Å². The number of urea groups is 1. The van der Waals surface area contributed by atoms with Gasteiger partial charge < -0.3 is 20.4 Å². The molecule has 1 heterocycles. The fraction of sp³-hybridized carbons (Fsp3) is 0.318. The van der Waals surface area contributed by atoms with Gasteiger partial charge in [-0.1, -0.05) is 48.7 Å².